The number of amides is 2. The molecule has 42 heavy (non-hydrogen) atoms. The second kappa shape index (κ2) is 12.9. The molecule has 3 aromatic rings. The molecule has 2 amide bonds. The summed E-state index contributed by atoms with van der Waals surface area (Å²) in [6.07, 6.45) is -5.85. The summed E-state index contributed by atoms with van der Waals surface area (Å²) in [5.41, 5.74) is -1.26. The summed E-state index contributed by atoms with van der Waals surface area (Å²) in [5, 5.41) is 15.4. The van der Waals surface area contributed by atoms with E-state index in [-0.39, 0.29) is 22.7 Å². The molecule has 0 unspecified atom stereocenters. The third-order valence-electron chi connectivity index (χ3n) is 7.08. The highest BCUT2D eigenvalue weighted by atomic mass is 35.5. The highest BCUT2D eigenvalue weighted by Crippen LogP contribution is 2.37. The first-order valence-electron chi connectivity index (χ1n) is 13.0. The number of halogens is 6. The number of carbonyl (C=O) groups excluding carboxylic acids is 1. The quantitative estimate of drug-likeness (QED) is 0.226. The summed E-state index contributed by atoms with van der Waals surface area (Å²) in [6.45, 7) is 0. The number of rotatable bonds is 10. The first-order valence-corrected chi connectivity index (χ1v) is 13.4. The van der Waals surface area contributed by atoms with E-state index in [9.17, 15) is 36.6 Å². The molecular weight excluding hydrogens is 585 g/mol. The lowest BCUT2D eigenvalue weighted by atomic mass is 9.80. The lowest BCUT2D eigenvalue weighted by Gasteiger charge is -2.37. The topological polar surface area (TPSA) is 101 Å². The van der Waals surface area contributed by atoms with Crippen molar-refractivity contribution in [1.29, 1.82) is 0 Å². The van der Waals surface area contributed by atoms with Crippen molar-refractivity contribution >= 4 is 23.6 Å². The molecule has 0 bridgehead atoms. The van der Waals surface area contributed by atoms with Crippen LogP contribution < -0.4 is 15.4 Å². The van der Waals surface area contributed by atoms with E-state index < -0.39 is 53.6 Å². The van der Waals surface area contributed by atoms with Crippen LogP contribution in [0.3, 0.4) is 0 Å². The molecule has 224 valence electrons. The molecule has 7 nitrogen and oxygen atoms in total. The van der Waals surface area contributed by atoms with E-state index in [0.717, 1.165) is 12.1 Å². The van der Waals surface area contributed by atoms with E-state index in [2.05, 4.69) is 20.4 Å². The minimum atomic E-state index is -4.93. The lowest BCUT2D eigenvalue weighted by Crippen LogP contribution is -2.56. The van der Waals surface area contributed by atoms with Crippen molar-refractivity contribution in [3.8, 4) is 5.75 Å². The Morgan fingerprint density at radius 3 is 2.43 bits per heavy atom. The number of benzene rings is 2. The summed E-state index contributed by atoms with van der Waals surface area (Å²) in [5.74, 6) is -3.93. The Balaban J connectivity index is 1.85. The Kier molecular flexibility index (Phi) is 9.55. The van der Waals surface area contributed by atoms with Crippen molar-refractivity contribution in [1.82, 2.24) is 15.6 Å². The van der Waals surface area contributed by atoms with Crippen LogP contribution in [0.5, 0.6) is 5.75 Å². The maximum Gasteiger partial charge on any atom is 0.461 e. The molecule has 3 atom stereocenters. The number of nitrogens with zero attached hydrogens (tertiary/aromatic N) is 1. The second-order valence-electron chi connectivity index (χ2n) is 10.0. The smallest absolute Gasteiger partial charge is 0.461 e. The molecule has 4 rings (SSSR count). The van der Waals surface area contributed by atoms with Gasteiger partial charge in [0.25, 0.3) is 0 Å². The number of carboxylic acid groups (broad SMARTS) is 1. The summed E-state index contributed by atoms with van der Waals surface area (Å²) >= 11 is 6.05. The normalized spacial score (nSPS) is 18.6. The summed E-state index contributed by atoms with van der Waals surface area (Å²) in [6, 6.07) is 12.2. The Hall–Kier alpha value is -3.93. The van der Waals surface area contributed by atoms with Gasteiger partial charge in [0.1, 0.15) is 17.1 Å². The van der Waals surface area contributed by atoms with Crippen LogP contribution in [0, 0.1) is 11.7 Å². The summed E-state index contributed by atoms with van der Waals surface area (Å²) in [4.78, 5) is 29.7. The Labute approximate surface area is 243 Å². The van der Waals surface area contributed by atoms with Gasteiger partial charge in [-0.15, -0.1) is 0 Å². The van der Waals surface area contributed by atoms with Gasteiger partial charge < -0.3 is 20.5 Å². The summed E-state index contributed by atoms with van der Waals surface area (Å²) in [7, 11) is 0. The first-order chi connectivity index (χ1) is 19.9. The van der Waals surface area contributed by atoms with E-state index >= 15 is 0 Å². The Morgan fingerprint density at radius 1 is 1.07 bits per heavy atom. The SMILES string of the molecule is O=C(N[C@@H]1CCCC[C@@H]1C(=O)O)N[C@@](Cc1ccccc1)(c1cc(F)cc(OC(F)(F)C(F)F)c1)c1ccc(Cl)cn1. The monoisotopic (exact) mass is 611 g/mol. The molecule has 1 fully saturated rings. The van der Waals surface area contributed by atoms with Crippen molar-refractivity contribution < 1.29 is 41.4 Å². The molecule has 13 heteroatoms. The number of alkyl halides is 4. The van der Waals surface area contributed by atoms with Gasteiger partial charge in [-0.3, -0.25) is 9.78 Å². The molecule has 1 heterocycles. The van der Waals surface area contributed by atoms with Crippen molar-refractivity contribution in [3.63, 3.8) is 0 Å². The standard InChI is InChI=1S/C29H27ClF5N3O4/c30-19-10-11-24(36-16-19)28(15-17-6-2-1-3-7-17,38-27(41)37-23-9-5-4-8-22(23)25(39)40)18-12-20(31)14-21(13-18)42-29(34,35)26(32)33/h1-3,6-7,10-14,16,22-23,26H,4-5,8-9,15H2,(H,39,40)(H2,37,38,41)/t22-,23+,28-/m0/s1. The highest BCUT2D eigenvalue weighted by Gasteiger charge is 2.45. The number of aliphatic carboxylic acids is 1. The molecule has 0 radical (unpaired) electrons. The Morgan fingerprint density at radius 2 is 1.79 bits per heavy atom. The predicted molar refractivity (Wildman–Crippen MR) is 143 cm³/mol. The number of hydrogen-bond donors (Lipinski definition) is 3. The fourth-order valence-corrected chi connectivity index (χ4v) is 5.23. The average Bonchev–Trinajstić information content (AvgIpc) is 2.93. The van der Waals surface area contributed by atoms with E-state index in [1.54, 1.807) is 30.3 Å². The maximum atomic E-state index is 15.0. The van der Waals surface area contributed by atoms with E-state index in [1.165, 1.54) is 18.3 Å². The van der Waals surface area contributed by atoms with Crippen LogP contribution in [-0.2, 0) is 16.8 Å². The number of carbonyl (C=O) groups is 2. The van der Waals surface area contributed by atoms with Gasteiger partial charge in [0, 0.05) is 24.7 Å². The zero-order valence-electron chi connectivity index (χ0n) is 22.0. The average molecular weight is 612 g/mol. The number of aromatic nitrogens is 1. The van der Waals surface area contributed by atoms with Crippen LogP contribution in [0.1, 0.15) is 42.5 Å². The number of ether oxygens (including phenoxy) is 1. The van der Waals surface area contributed by atoms with Crippen molar-refractivity contribution in [2.45, 2.75) is 56.2 Å². The zero-order valence-corrected chi connectivity index (χ0v) is 22.8. The molecule has 1 aromatic heterocycles. The highest BCUT2D eigenvalue weighted by molar-refractivity contribution is 6.30. The third-order valence-corrected chi connectivity index (χ3v) is 7.30. The van der Waals surface area contributed by atoms with Gasteiger partial charge in [-0.1, -0.05) is 54.8 Å². The van der Waals surface area contributed by atoms with Crippen LogP contribution >= 0.6 is 11.6 Å². The fourth-order valence-electron chi connectivity index (χ4n) is 5.12. The first kappa shape index (κ1) is 31.0. The maximum absolute atomic E-state index is 15.0. The number of hydrogen-bond acceptors (Lipinski definition) is 4. The van der Waals surface area contributed by atoms with Gasteiger partial charge in [0.2, 0.25) is 0 Å². The van der Waals surface area contributed by atoms with Crippen LogP contribution in [0.15, 0.2) is 66.9 Å². The van der Waals surface area contributed by atoms with Gasteiger partial charge in [0.05, 0.1) is 16.6 Å². The largest absolute Gasteiger partial charge is 0.481 e. The molecular formula is C29H27ClF5N3O4. The van der Waals surface area contributed by atoms with Crippen LogP contribution in [0.4, 0.5) is 26.7 Å². The fraction of sp³-hybridized carbons (Fsp3) is 0.345. The third kappa shape index (κ3) is 7.28. The molecule has 1 saturated carbocycles. The molecule has 0 aliphatic heterocycles. The van der Waals surface area contributed by atoms with E-state index in [1.807, 2.05) is 0 Å². The van der Waals surface area contributed by atoms with Gasteiger partial charge in [0.15, 0.2) is 0 Å². The van der Waals surface area contributed by atoms with Gasteiger partial charge in [-0.25, -0.2) is 9.18 Å². The second-order valence-corrected chi connectivity index (χ2v) is 10.4. The van der Waals surface area contributed by atoms with Crippen LogP contribution in [-0.4, -0.2) is 40.7 Å². The minimum absolute atomic E-state index is 0.0986. The van der Waals surface area contributed by atoms with Gasteiger partial charge in [-0.2, -0.15) is 17.6 Å². The number of nitrogens with one attached hydrogen (secondary N) is 2. The zero-order chi connectivity index (χ0) is 30.5. The van der Waals surface area contributed by atoms with Crippen LogP contribution in [0.25, 0.3) is 0 Å². The van der Waals surface area contributed by atoms with Crippen molar-refractivity contribution in [2.24, 2.45) is 5.92 Å². The van der Waals surface area contributed by atoms with E-state index in [0.29, 0.717) is 37.3 Å². The minimum Gasteiger partial charge on any atom is -0.481 e. The number of pyridine rings is 1. The molecule has 1 aliphatic rings. The molecule has 3 N–H and O–H groups in total. The number of urea groups is 1. The van der Waals surface area contributed by atoms with Crippen LogP contribution in [0.2, 0.25) is 5.02 Å². The predicted octanol–water partition coefficient (Wildman–Crippen LogP) is 6.54. The molecule has 2 aromatic carbocycles. The molecule has 0 spiro atoms. The van der Waals surface area contributed by atoms with Crippen molar-refractivity contribution in [3.05, 3.63) is 94.5 Å². The number of carboxylic acids is 1. The molecule has 0 saturated heterocycles. The summed E-state index contributed by atoms with van der Waals surface area (Å²) < 4.78 is 72.6. The van der Waals surface area contributed by atoms with Crippen molar-refractivity contribution in [2.75, 3.05) is 0 Å². The van der Waals surface area contributed by atoms with E-state index in [4.69, 9.17) is 11.6 Å². The van der Waals surface area contributed by atoms with Gasteiger partial charge in [-0.05, 0) is 48.2 Å². The molecule has 1 aliphatic carbocycles. The Bertz CT molecular complexity index is 1400. The lowest BCUT2D eigenvalue weighted by molar-refractivity contribution is -0.253. The van der Waals surface area contributed by atoms with Gasteiger partial charge >= 0.3 is 24.5 Å².